The van der Waals surface area contributed by atoms with Gasteiger partial charge in [0.15, 0.2) is 0 Å². The number of aromatic nitrogens is 1. The van der Waals surface area contributed by atoms with E-state index in [0.717, 1.165) is 30.5 Å². The summed E-state index contributed by atoms with van der Waals surface area (Å²) >= 11 is 0. The van der Waals surface area contributed by atoms with Crippen LogP contribution in [0.15, 0.2) is 12.3 Å². The standard InChI is InChI=1S/C12H14N2O/c1-9-10(6-11(13-2)8-14-9)7-12(15-3)4-5-12/h6,8H,4-5,7H2,1,3H3. The first-order valence-electron chi connectivity index (χ1n) is 5.07. The molecular weight excluding hydrogens is 188 g/mol. The molecule has 78 valence electrons. The molecule has 15 heavy (non-hydrogen) atoms. The minimum atomic E-state index is 0.0348. The highest BCUT2D eigenvalue weighted by Gasteiger charge is 2.43. The van der Waals surface area contributed by atoms with Gasteiger partial charge in [-0.1, -0.05) is 0 Å². The lowest BCUT2D eigenvalue weighted by Gasteiger charge is -2.14. The van der Waals surface area contributed by atoms with Crippen molar-refractivity contribution < 1.29 is 4.74 Å². The van der Waals surface area contributed by atoms with Crippen LogP contribution in [0.1, 0.15) is 24.1 Å². The molecule has 1 aliphatic rings. The smallest absolute Gasteiger partial charge is 0.205 e. The average Bonchev–Trinajstić information content (AvgIpc) is 3.02. The second-order valence-electron chi connectivity index (χ2n) is 4.11. The fourth-order valence-electron chi connectivity index (χ4n) is 1.75. The summed E-state index contributed by atoms with van der Waals surface area (Å²) in [6.45, 7) is 8.94. The quantitative estimate of drug-likeness (QED) is 0.704. The van der Waals surface area contributed by atoms with Gasteiger partial charge in [0.25, 0.3) is 0 Å². The first-order valence-corrected chi connectivity index (χ1v) is 5.07. The Balaban J connectivity index is 2.24. The van der Waals surface area contributed by atoms with E-state index in [1.165, 1.54) is 0 Å². The lowest BCUT2D eigenvalue weighted by molar-refractivity contribution is 0.0805. The van der Waals surface area contributed by atoms with Gasteiger partial charge in [-0.15, -0.1) is 0 Å². The van der Waals surface area contributed by atoms with E-state index in [1.54, 1.807) is 13.3 Å². The van der Waals surface area contributed by atoms with Crippen molar-refractivity contribution in [1.82, 2.24) is 4.98 Å². The minimum absolute atomic E-state index is 0.0348. The van der Waals surface area contributed by atoms with E-state index in [0.29, 0.717) is 5.69 Å². The molecule has 0 bridgehead atoms. The summed E-state index contributed by atoms with van der Waals surface area (Å²) in [5, 5.41) is 0. The molecule has 1 fully saturated rings. The van der Waals surface area contributed by atoms with Crippen molar-refractivity contribution in [3.63, 3.8) is 0 Å². The Labute approximate surface area is 89.9 Å². The van der Waals surface area contributed by atoms with Crippen molar-refractivity contribution in [3.8, 4) is 0 Å². The molecule has 0 spiro atoms. The molecule has 0 radical (unpaired) electrons. The summed E-state index contributed by atoms with van der Waals surface area (Å²) in [6, 6.07) is 1.93. The highest BCUT2D eigenvalue weighted by Crippen LogP contribution is 2.42. The SMILES string of the molecule is [C-]#[N+]c1cnc(C)c(CC2(OC)CC2)c1. The van der Waals surface area contributed by atoms with Crippen molar-refractivity contribution in [1.29, 1.82) is 0 Å². The Kier molecular flexibility index (Phi) is 2.45. The lowest BCUT2D eigenvalue weighted by Crippen LogP contribution is -2.15. The summed E-state index contributed by atoms with van der Waals surface area (Å²) in [5.74, 6) is 0. The third-order valence-electron chi connectivity index (χ3n) is 3.06. The van der Waals surface area contributed by atoms with Crippen LogP contribution in [0.3, 0.4) is 0 Å². The van der Waals surface area contributed by atoms with Crippen LogP contribution < -0.4 is 0 Å². The molecule has 0 N–H and O–H groups in total. The molecule has 3 heteroatoms. The number of hydrogen-bond donors (Lipinski definition) is 0. The molecule has 0 unspecified atom stereocenters. The first kappa shape index (κ1) is 10.1. The van der Waals surface area contributed by atoms with E-state index in [1.807, 2.05) is 13.0 Å². The third-order valence-corrected chi connectivity index (χ3v) is 3.06. The van der Waals surface area contributed by atoms with Gasteiger partial charge in [0.2, 0.25) is 5.69 Å². The number of aryl methyl sites for hydroxylation is 1. The Bertz CT molecular complexity index is 416. The summed E-state index contributed by atoms with van der Waals surface area (Å²) in [5.41, 5.74) is 2.80. The first-order chi connectivity index (χ1) is 7.19. The van der Waals surface area contributed by atoms with Gasteiger partial charge in [0.1, 0.15) is 0 Å². The molecule has 0 amide bonds. The molecule has 1 heterocycles. The Hall–Kier alpha value is -1.40. The van der Waals surface area contributed by atoms with Crippen LogP contribution >= 0.6 is 0 Å². The van der Waals surface area contributed by atoms with E-state index >= 15 is 0 Å². The van der Waals surface area contributed by atoms with Gasteiger partial charge in [0.05, 0.1) is 12.2 Å². The summed E-state index contributed by atoms with van der Waals surface area (Å²) in [4.78, 5) is 7.62. The normalized spacial score (nSPS) is 17.1. The van der Waals surface area contributed by atoms with E-state index in [9.17, 15) is 0 Å². The maximum atomic E-state index is 6.96. The predicted octanol–water partition coefficient (Wildman–Crippen LogP) is 2.66. The van der Waals surface area contributed by atoms with E-state index in [4.69, 9.17) is 11.3 Å². The van der Waals surface area contributed by atoms with Gasteiger partial charge in [-0.3, -0.25) is 4.98 Å². The lowest BCUT2D eigenvalue weighted by atomic mass is 10.0. The number of hydrogen-bond acceptors (Lipinski definition) is 2. The van der Waals surface area contributed by atoms with E-state index < -0.39 is 0 Å². The molecular formula is C12H14N2O. The zero-order valence-corrected chi connectivity index (χ0v) is 9.08. The van der Waals surface area contributed by atoms with Crippen LogP contribution in [0.4, 0.5) is 5.69 Å². The van der Waals surface area contributed by atoms with E-state index in [-0.39, 0.29) is 5.60 Å². The summed E-state index contributed by atoms with van der Waals surface area (Å²) in [7, 11) is 1.76. The number of ether oxygens (including phenoxy) is 1. The van der Waals surface area contributed by atoms with Crippen LogP contribution in [0.2, 0.25) is 0 Å². The molecule has 1 saturated carbocycles. The molecule has 1 aliphatic carbocycles. The Morgan fingerprint density at radius 1 is 1.60 bits per heavy atom. The monoisotopic (exact) mass is 202 g/mol. The number of methoxy groups -OCH3 is 1. The van der Waals surface area contributed by atoms with Crippen LogP contribution in [0.25, 0.3) is 4.85 Å². The third kappa shape index (κ3) is 2.00. The van der Waals surface area contributed by atoms with Crippen LogP contribution in [-0.4, -0.2) is 17.7 Å². The molecule has 1 aromatic heterocycles. The van der Waals surface area contributed by atoms with Gasteiger partial charge in [-0.2, -0.15) is 0 Å². The van der Waals surface area contributed by atoms with E-state index in [2.05, 4.69) is 9.83 Å². The van der Waals surface area contributed by atoms with Crippen molar-refractivity contribution >= 4 is 5.69 Å². The topological polar surface area (TPSA) is 26.5 Å². The van der Waals surface area contributed by atoms with Crippen LogP contribution in [0, 0.1) is 13.5 Å². The van der Waals surface area contributed by atoms with Gasteiger partial charge >= 0.3 is 0 Å². The molecule has 0 aliphatic heterocycles. The molecule has 0 aromatic carbocycles. The highest BCUT2D eigenvalue weighted by molar-refractivity contribution is 5.46. The van der Waals surface area contributed by atoms with Crippen molar-refractivity contribution in [2.24, 2.45) is 0 Å². The number of pyridine rings is 1. The van der Waals surface area contributed by atoms with Crippen LogP contribution in [0.5, 0.6) is 0 Å². The summed E-state index contributed by atoms with van der Waals surface area (Å²) < 4.78 is 5.48. The Morgan fingerprint density at radius 2 is 2.33 bits per heavy atom. The van der Waals surface area contributed by atoms with Gasteiger partial charge < -0.3 is 4.74 Å². The Morgan fingerprint density at radius 3 is 2.87 bits per heavy atom. The fraction of sp³-hybridized carbons (Fsp3) is 0.500. The predicted molar refractivity (Wildman–Crippen MR) is 57.9 cm³/mol. The zero-order valence-electron chi connectivity index (χ0n) is 9.08. The highest BCUT2D eigenvalue weighted by atomic mass is 16.5. The average molecular weight is 202 g/mol. The number of rotatable bonds is 3. The molecule has 3 nitrogen and oxygen atoms in total. The largest absolute Gasteiger partial charge is 0.378 e. The minimum Gasteiger partial charge on any atom is -0.378 e. The van der Waals surface area contributed by atoms with Crippen molar-refractivity contribution in [2.45, 2.75) is 31.8 Å². The number of nitrogens with zero attached hydrogens (tertiary/aromatic N) is 2. The van der Waals surface area contributed by atoms with Gasteiger partial charge in [-0.25, -0.2) is 4.85 Å². The molecule has 2 rings (SSSR count). The molecule has 0 saturated heterocycles. The second-order valence-corrected chi connectivity index (χ2v) is 4.11. The van der Waals surface area contributed by atoms with Crippen molar-refractivity contribution in [3.05, 3.63) is 34.9 Å². The van der Waals surface area contributed by atoms with Crippen LogP contribution in [-0.2, 0) is 11.2 Å². The fourth-order valence-corrected chi connectivity index (χ4v) is 1.75. The van der Waals surface area contributed by atoms with Gasteiger partial charge in [0, 0.05) is 25.4 Å². The molecule has 0 atom stereocenters. The van der Waals surface area contributed by atoms with Gasteiger partial charge in [-0.05, 0) is 31.4 Å². The maximum Gasteiger partial charge on any atom is 0.205 e. The second kappa shape index (κ2) is 3.63. The molecule has 1 aromatic rings. The maximum absolute atomic E-state index is 6.96. The summed E-state index contributed by atoms with van der Waals surface area (Å²) in [6.07, 6.45) is 4.74. The van der Waals surface area contributed by atoms with Crippen molar-refractivity contribution in [2.75, 3.05) is 7.11 Å². The zero-order chi connectivity index (χ0) is 10.9.